The molecule has 250 valence electrons. The molecule has 0 aliphatic carbocycles. The van der Waals surface area contributed by atoms with Crippen LogP contribution in [0.25, 0.3) is 22.2 Å². The number of benzene rings is 1. The van der Waals surface area contributed by atoms with Crippen LogP contribution in [0, 0.1) is 18.8 Å². The van der Waals surface area contributed by atoms with Crippen LogP contribution in [0.2, 0.25) is 0 Å². The molecule has 1 unspecified atom stereocenters. The van der Waals surface area contributed by atoms with Crippen molar-refractivity contribution in [2.75, 3.05) is 65.4 Å². The zero-order valence-corrected chi connectivity index (χ0v) is 28.8. The van der Waals surface area contributed by atoms with E-state index in [2.05, 4.69) is 73.7 Å². The molecule has 2 N–H and O–H groups in total. The molecular formula is C36H47N7O3S. The molecule has 0 radical (unpaired) electrons. The van der Waals surface area contributed by atoms with Crippen molar-refractivity contribution in [2.24, 2.45) is 11.8 Å². The summed E-state index contributed by atoms with van der Waals surface area (Å²) in [7, 11) is 3.73. The number of anilines is 1. The summed E-state index contributed by atoms with van der Waals surface area (Å²) in [5, 5.41) is 10.3. The first-order valence-corrected chi connectivity index (χ1v) is 17.9. The summed E-state index contributed by atoms with van der Waals surface area (Å²) in [6.07, 6.45) is 1.81. The van der Waals surface area contributed by atoms with Crippen LogP contribution in [0.3, 0.4) is 0 Å². The maximum atomic E-state index is 13.4. The van der Waals surface area contributed by atoms with Crippen LogP contribution in [-0.2, 0) is 27.4 Å². The molecule has 4 aromatic rings. The molecule has 2 atom stereocenters. The smallest absolute Gasteiger partial charge is 0.225 e. The number of ether oxygens (including phenoxy) is 2. The number of carbonyl (C=O) groups is 1. The van der Waals surface area contributed by atoms with Crippen LogP contribution in [-0.4, -0.2) is 90.3 Å². The van der Waals surface area contributed by atoms with Crippen molar-refractivity contribution in [1.29, 1.82) is 0 Å². The van der Waals surface area contributed by atoms with Gasteiger partial charge in [-0.2, -0.15) is 0 Å². The normalized spacial score (nSPS) is 19.9. The van der Waals surface area contributed by atoms with E-state index in [1.807, 2.05) is 14.0 Å². The van der Waals surface area contributed by atoms with Crippen LogP contribution < -0.4 is 10.6 Å². The van der Waals surface area contributed by atoms with Crippen molar-refractivity contribution in [3.63, 3.8) is 0 Å². The number of aromatic nitrogens is 3. The topological polar surface area (TPSA) is 96.8 Å². The van der Waals surface area contributed by atoms with Crippen LogP contribution in [0.5, 0.6) is 0 Å². The van der Waals surface area contributed by atoms with E-state index in [9.17, 15) is 4.79 Å². The lowest BCUT2D eigenvalue weighted by Gasteiger charge is -2.46. The summed E-state index contributed by atoms with van der Waals surface area (Å²) in [4.78, 5) is 28.9. The lowest BCUT2D eigenvalue weighted by Crippen LogP contribution is -2.55. The van der Waals surface area contributed by atoms with E-state index in [0.29, 0.717) is 12.5 Å². The summed E-state index contributed by atoms with van der Waals surface area (Å²) in [5.74, 6) is 2.33. The van der Waals surface area contributed by atoms with Crippen molar-refractivity contribution in [1.82, 2.24) is 29.7 Å². The number of nitrogens with one attached hydrogen (secondary N) is 2. The number of piperidine rings is 1. The number of carbonyl (C=O) groups excluding carboxylic acids is 1. The Morgan fingerprint density at radius 3 is 2.74 bits per heavy atom. The van der Waals surface area contributed by atoms with E-state index < -0.39 is 0 Å². The molecule has 2 fully saturated rings. The van der Waals surface area contributed by atoms with Crippen LogP contribution in [0.1, 0.15) is 53.9 Å². The van der Waals surface area contributed by atoms with Gasteiger partial charge in [-0.25, -0.2) is 9.97 Å². The molecule has 1 aromatic carbocycles. The highest BCUT2D eigenvalue weighted by molar-refractivity contribution is 7.10. The second kappa shape index (κ2) is 14.0. The predicted octanol–water partition coefficient (Wildman–Crippen LogP) is 5.25. The molecule has 2 saturated heterocycles. The quantitative estimate of drug-likeness (QED) is 0.226. The molecule has 47 heavy (non-hydrogen) atoms. The fraction of sp³-hybridized carbons (Fsp3) is 0.528. The number of thiophene rings is 1. The average Bonchev–Trinajstić information content (AvgIpc) is 3.70. The molecule has 0 saturated carbocycles. The Kier molecular flexibility index (Phi) is 9.61. The number of fused-ring (bicyclic) bond motifs is 3. The van der Waals surface area contributed by atoms with Crippen molar-refractivity contribution >= 4 is 34.1 Å². The van der Waals surface area contributed by atoms with Crippen molar-refractivity contribution in [3.8, 4) is 11.1 Å². The molecule has 1 amide bonds. The van der Waals surface area contributed by atoms with Gasteiger partial charge >= 0.3 is 0 Å². The molecule has 0 bridgehead atoms. The molecule has 3 aromatic heterocycles. The number of hydrogen-bond donors (Lipinski definition) is 2. The van der Waals surface area contributed by atoms with E-state index in [-0.39, 0.29) is 24.0 Å². The molecule has 7 rings (SSSR count). The monoisotopic (exact) mass is 657 g/mol. The number of amides is 1. The lowest BCUT2D eigenvalue weighted by atomic mass is 9.87. The van der Waals surface area contributed by atoms with Gasteiger partial charge in [-0.1, -0.05) is 24.3 Å². The second-order valence-electron chi connectivity index (χ2n) is 13.3. The van der Waals surface area contributed by atoms with Gasteiger partial charge in [-0.15, -0.1) is 11.3 Å². The molecule has 3 aliphatic rings. The molecule has 0 spiro atoms. The molecule has 10 nitrogen and oxygen atoms in total. The van der Waals surface area contributed by atoms with Gasteiger partial charge in [0.15, 0.2) is 0 Å². The van der Waals surface area contributed by atoms with E-state index in [4.69, 9.17) is 19.4 Å². The molecular weight excluding hydrogens is 611 g/mol. The molecule has 11 heteroatoms. The Morgan fingerprint density at radius 1 is 1.15 bits per heavy atom. The van der Waals surface area contributed by atoms with Crippen molar-refractivity contribution < 1.29 is 14.3 Å². The largest absolute Gasteiger partial charge is 0.383 e. The Balaban J connectivity index is 1.05. The van der Waals surface area contributed by atoms with E-state index >= 15 is 0 Å². The van der Waals surface area contributed by atoms with Crippen LogP contribution in [0.15, 0.2) is 41.8 Å². The van der Waals surface area contributed by atoms with Gasteiger partial charge in [0.25, 0.3) is 0 Å². The van der Waals surface area contributed by atoms with Crippen molar-refractivity contribution in [3.05, 3.63) is 63.7 Å². The first-order valence-electron chi connectivity index (χ1n) is 17.0. The number of rotatable bonds is 11. The predicted molar refractivity (Wildman–Crippen MR) is 187 cm³/mol. The van der Waals surface area contributed by atoms with E-state index in [0.717, 1.165) is 93.6 Å². The van der Waals surface area contributed by atoms with Crippen LogP contribution in [0.4, 0.5) is 5.82 Å². The van der Waals surface area contributed by atoms with Gasteiger partial charge in [0.1, 0.15) is 23.4 Å². The Bertz CT molecular complexity index is 1710. The number of aryl methyl sites for hydroxylation is 1. The van der Waals surface area contributed by atoms with E-state index in [1.54, 1.807) is 18.4 Å². The van der Waals surface area contributed by atoms with Gasteiger partial charge in [0, 0.05) is 62.2 Å². The summed E-state index contributed by atoms with van der Waals surface area (Å²) in [6.45, 7) is 11.5. The Hall–Kier alpha value is -3.35. The minimum absolute atomic E-state index is 0.0546. The summed E-state index contributed by atoms with van der Waals surface area (Å²) < 4.78 is 13.9. The number of likely N-dealkylation sites (tertiary alicyclic amines) is 2. The van der Waals surface area contributed by atoms with Gasteiger partial charge in [0.05, 0.1) is 24.6 Å². The summed E-state index contributed by atoms with van der Waals surface area (Å²) in [6, 6.07) is 13.2. The zero-order chi connectivity index (χ0) is 32.5. The highest BCUT2D eigenvalue weighted by Gasteiger charge is 2.42. The highest BCUT2D eigenvalue weighted by Crippen LogP contribution is 2.41. The fourth-order valence-corrected chi connectivity index (χ4v) is 8.39. The SMILES string of the molecule is CNCc1ccccc1-c1csc([C@@H](C)Nc2nc(C)nc3c2cc2n3CCOC2C2CN(C(=O)C3CCN(CCOC)CC3)C2)c1. The lowest BCUT2D eigenvalue weighted by molar-refractivity contribution is -0.149. The minimum Gasteiger partial charge on any atom is -0.383 e. The second-order valence-corrected chi connectivity index (χ2v) is 14.2. The first kappa shape index (κ1) is 32.2. The number of nitrogens with zero attached hydrogens (tertiary/aromatic N) is 5. The Morgan fingerprint density at radius 2 is 1.96 bits per heavy atom. The Labute approximate surface area is 281 Å². The molecule has 6 heterocycles. The van der Waals surface area contributed by atoms with Gasteiger partial charge < -0.3 is 34.5 Å². The zero-order valence-electron chi connectivity index (χ0n) is 28.0. The minimum atomic E-state index is -0.0546. The molecule has 3 aliphatic heterocycles. The third-order valence-corrected chi connectivity index (χ3v) is 11.2. The standard InChI is InChI=1S/C36H47N7O3S/c1-23(32-17-27(22-47-32)29-8-6-5-7-26(29)19-37-3)38-34-30-18-31-33(46-16-14-43(31)35(30)40-24(2)39-34)28-20-42(21-28)36(44)25-9-11-41(12-10-25)13-15-45-4/h5-8,17-18,22-23,25,28,33,37H,9-16,19-21H2,1-4H3,(H,38,39,40)/t23-,33?/m1/s1. The summed E-state index contributed by atoms with van der Waals surface area (Å²) >= 11 is 1.77. The van der Waals surface area contributed by atoms with Gasteiger partial charge in [0.2, 0.25) is 5.91 Å². The maximum absolute atomic E-state index is 13.4. The third-order valence-electron chi connectivity index (χ3n) is 10.1. The van der Waals surface area contributed by atoms with E-state index in [1.165, 1.54) is 21.6 Å². The first-order chi connectivity index (χ1) is 22.9. The number of methoxy groups -OCH3 is 1. The van der Waals surface area contributed by atoms with Gasteiger partial charge in [-0.3, -0.25) is 4.79 Å². The average molecular weight is 658 g/mol. The van der Waals surface area contributed by atoms with Crippen LogP contribution >= 0.6 is 11.3 Å². The van der Waals surface area contributed by atoms with Crippen molar-refractivity contribution in [2.45, 2.75) is 51.9 Å². The van der Waals surface area contributed by atoms with Gasteiger partial charge in [-0.05, 0) is 81.0 Å². The number of hydrogen-bond acceptors (Lipinski definition) is 9. The maximum Gasteiger partial charge on any atom is 0.225 e. The summed E-state index contributed by atoms with van der Waals surface area (Å²) in [5.41, 5.74) is 5.90. The fourth-order valence-electron chi connectivity index (χ4n) is 7.48. The third kappa shape index (κ3) is 6.56. The highest BCUT2D eigenvalue weighted by atomic mass is 32.1.